The summed E-state index contributed by atoms with van der Waals surface area (Å²) in [6.07, 6.45) is 2.13. The molecular weight excluding hydrogens is 192 g/mol. The molecule has 1 aliphatic carbocycles. The minimum Gasteiger partial charge on any atom is -0.395 e. The molecule has 0 saturated heterocycles. The van der Waals surface area contributed by atoms with E-state index >= 15 is 0 Å². The van der Waals surface area contributed by atoms with Crippen molar-refractivity contribution in [3.63, 3.8) is 0 Å². The molecule has 82 valence electrons. The number of hydrogen-bond donors (Lipinski definition) is 3. The summed E-state index contributed by atoms with van der Waals surface area (Å²) in [5.41, 5.74) is 7.48. The van der Waals surface area contributed by atoms with E-state index in [1.54, 1.807) is 0 Å². The number of aromatic amines is 1. The maximum Gasteiger partial charge on any atom is 0.274 e. The zero-order valence-electron chi connectivity index (χ0n) is 9.00. The van der Waals surface area contributed by atoms with Gasteiger partial charge in [0.25, 0.3) is 5.91 Å². The first-order valence-electron chi connectivity index (χ1n) is 5.24. The van der Waals surface area contributed by atoms with Crippen molar-refractivity contribution in [3.8, 4) is 0 Å². The monoisotopic (exact) mass is 208 g/mol. The molecule has 0 bridgehead atoms. The number of nitrogen functional groups attached to an aromatic ring is 1. The van der Waals surface area contributed by atoms with Crippen LogP contribution in [0.25, 0.3) is 0 Å². The lowest BCUT2D eigenvalue weighted by Gasteiger charge is -2.03. The SMILES string of the molecule is CC(C)c1[nH]nc(C(=O)NC2CC2)c1N. The number of aromatic nitrogens is 2. The van der Waals surface area contributed by atoms with E-state index in [9.17, 15) is 4.79 Å². The van der Waals surface area contributed by atoms with Crippen molar-refractivity contribution >= 4 is 11.6 Å². The number of nitrogens with two attached hydrogens (primary N) is 1. The molecule has 1 aliphatic rings. The summed E-state index contributed by atoms with van der Waals surface area (Å²) < 4.78 is 0. The second-order valence-corrected chi connectivity index (χ2v) is 4.30. The van der Waals surface area contributed by atoms with E-state index in [2.05, 4.69) is 15.5 Å². The van der Waals surface area contributed by atoms with Crippen LogP contribution >= 0.6 is 0 Å². The lowest BCUT2D eigenvalue weighted by Crippen LogP contribution is -2.26. The molecule has 1 heterocycles. The van der Waals surface area contributed by atoms with Gasteiger partial charge in [0.2, 0.25) is 0 Å². The molecule has 2 rings (SSSR count). The van der Waals surface area contributed by atoms with E-state index in [0.29, 0.717) is 17.4 Å². The molecule has 0 aliphatic heterocycles. The van der Waals surface area contributed by atoms with Gasteiger partial charge < -0.3 is 11.1 Å². The van der Waals surface area contributed by atoms with Crippen LogP contribution in [0.4, 0.5) is 5.69 Å². The fourth-order valence-corrected chi connectivity index (χ4v) is 1.46. The highest BCUT2D eigenvalue weighted by molar-refractivity contribution is 5.98. The average Bonchev–Trinajstić information content (AvgIpc) is 2.86. The zero-order chi connectivity index (χ0) is 11.0. The van der Waals surface area contributed by atoms with E-state index in [0.717, 1.165) is 18.5 Å². The van der Waals surface area contributed by atoms with Crippen LogP contribution in [0.2, 0.25) is 0 Å². The summed E-state index contributed by atoms with van der Waals surface area (Å²) in [5.74, 6) is 0.0816. The molecule has 15 heavy (non-hydrogen) atoms. The second-order valence-electron chi connectivity index (χ2n) is 4.30. The quantitative estimate of drug-likeness (QED) is 0.693. The topological polar surface area (TPSA) is 83.8 Å². The van der Waals surface area contributed by atoms with Gasteiger partial charge >= 0.3 is 0 Å². The number of carbonyl (C=O) groups excluding carboxylic acids is 1. The number of hydrogen-bond acceptors (Lipinski definition) is 3. The van der Waals surface area contributed by atoms with E-state index in [4.69, 9.17) is 5.73 Å². The molecule has 1 aromatic heterocycles. The first-order valence-corrected chi connectivity index (χ1v) is 5.24. The van der Waals surface area contributed by atoms with Gasteiger partial charge in [-0.2, -0.15) is 5.10 Å². The van der Waals surface area contributed by atoms with Crippen LogP contribution in [-0.2, 0) is 0 Å². The van der Waals surface area contributed by atoms with Crippen LogP contribution < -0.4 is 11.1 Å². The van der Waals surface area contributed by atoms with Crippen LogP contribution in [0.15, 0.2) is 0 Å². The van der Waals surface area contributed by atoms with Crippen molar-refractivity contribution in [2.75, 3.05) is 5.73 Å². The van der Waals surface area contributed by atoms with Gasteiger partial charge in [0.1, 0.15) is 0 Å². The average molecular weight is 208 g/mol. The summed E-state index contributed by atoms with van der Waals surface area (Å²) in [6.45, 7) is 4.01. The van der Waals surface area contributed by atoms with Crippen molar-refractivity contribution in [1.82, 2.24) is 15.5 Å². The molecule has 5 heteroatoms. The highest BCUT2D eigenvalue weighted by Crippen LogP contribution is 2.24. The number of anilines is 1. The van der Waals surface area contributed by atoms with Gasteiger partial charge in [0, 0.05) is 6.04 Å². The van der Waals surface area contributed by atoms with Crippen molar-refractivity contribution in [1.29, 1.82) is 0 Å². The minimum atomic E-state index is -0.168. The van der Waals surface area contributed by atoms with E-state index in [1.807, 2.05) is 13.8 Å². The van der Waals surface area contributed by atoms with Crippen LogP contribution in [-0.4, -0.2) is 22.1 Å². The Kier molecular flexibility index (Phi) is 2.38. The molecule has 1 saturated carbocycles. The predicted molar refractivity (Wildman–Crippen MR) is 57.6 cm³/mol. The molecule has 0 unspecified atom stereocenters. The standard InChI is InChI=1S/C10H16N4O/c1-5(2)8-7(11)9(14-13-8)10(15)12-6-3-4-6/h5-6H,3-4,11H2,1-2H3,(H,12,15)(H,13,14). The van der Waals surface area contributed by atoms with Crippen LogP contribution in [0.5, 0.6) is 0 Å². The van der Waals surface area contributed by atoms with E-state index in [1.165, 1.54) is 0 Å². The highest BCUT2D eigenvalue weighted by atomic mass is 16.2. The number of amides is 1. The molecule has 5 nitrogen and oxygen atoms in total. The number of nitrogens with zero attached hydrogens (tertiary/aromatic N) is 1. The second kappa shape index (κ2) is 3.56. The summed E-state index contributed by atoms with van der Waals surface area (Å²) in [7, 11) is 0. The highest BCUT2D eigenvalue weighted by Gasteiger charge is 2.26. The number of carbonyl (C=O) groups is 1. The first kappa shape index (κ1) is 10.0. The van der Waals surface area contributed by atoms with Gasteiger partial charge in [-0.25, -0.2) is 0 Å². The molecule has 0 spiro atoms. The molecule has 0 radical (unpaired) electrons. The fourth-order valence-electron chi connectivity index (χ4n) is 1.46. The first-order chi connectivity index (χ1) is 7.09. The Labute approximate surface area is 88.4 Å². The zero-order valence-corrected chi connectivity index (χ0v) is 9.00. The Hall–Kier alpha value is -1.52. The van der Waals surface area contributed by atoms with Gasteiger partial charge in [0.05, 0.1) is 11.4 Å². The molecular formula is C10H16N4O. The Morgan fingerprint density at radius 3 is 2.73 bits per heavy atom. The van der Waals surface area contributed by atoms with Crippen molar-refractivity contribution in [2.45, 2.75) is 38.6 Å². The Bertz CT molecular complexity index is 379. The molecule has 4 N–H and O–H groups in total. The molecule has 0 atom stereocenters. The van der Waals surface area contributed by atoms with Crippen molar-refractivity contribution < 1.29 is 4.79 Å². The maximum absolute atomic E-state index is 11.7. The van der Waals surface area contributed by atoms with Crippen molar-refractivity contribution in [3.05, 3.63) is 11.4 Å². The lowest BCUT2D eigenvalue weighted by molar-refractivity contribution is 0.0947. The number of H-pyrrole nitrogens is 1. The van der Waals surface area contributed by atoms with Crippen LogP contribution in [0.1, 0.15) is 48.8 Å². The predicted octanol–water partition coefficient (Wildman–Crippen LogP) is 1.01. The van der Waals surface area contributed by atoms with Gasteiger partial charge in [0.15, 0.2) is 5.69 Å². The summed E-state index contributed by atoms with van der Waals surface area (Å²) in [5, 5.41) is 9.63. The van der Waals surface area contributed by atoms with Gasteiger partial charge in [-0.3, -0.25) is 9.89 Å². The fraction of sp³-hybridized carbons (Fsp3) is 0.600. The summed E-state index contributed by atoms with van der Waals surface area (Å²) in [4.78, 5) is 11.7. The minimum absolute atomic E-state index is 0.168. The Morgan fingerprint density at radius 2 is 2.27 bits per heavy atom. The molecule has 1 amide bonds. The van der Waals surface area contributed by atoms with Gasteiger partial charge in [-0.05, 0) is 18.8 Å². The van der Waals surface area contributed by atoms with Crippen LogP contribution in [0, 0.1) is 0 Å². The third-order valence-electron chi connectivity index (χ3n) is 2.54. The lowest BCUT2D eigenvalue weighted by atomic mass is 10.1. The number of rotatable bonds is 3. The van der Waals surface area contributed by atoms with Gasteiger partial charge in [-0.1, -0.05) is 13.8 Å². The van der Waals surface area contributed by atoms with E-state index < -0.39 is 0 Å². The third-order valence-corrected chi connectivity index (χ3v) is 2.54. The Morgan fingerprint density at radius 1 is 1.60 bits per heavy atom. The smallest absolute Gasteiger partial charge is 0.274 e. The van der Waals surface area contributed by atoms with Crippen LogP contribution in [0.3, 0.4) is 0 Å². The van der Waals surface area contributed by atoms with Crippen molar-refractivity contribution in [2.24, 2.45) is 0 Å². The summed E-state index contributed by atoms with van der Waals surface area (Å²) >= 11 is 0. The molecule has 0 aromatic carbocycles. The Balaban J connectivity index is 2.16. The number of nitrogens with one attached hydrogen (secondary N) is 2. The maximum atomic E-state index is 11.7. The normalized spacial score (nSPS) is 15.7. The third kappa shape index (κ3) is 1.95. The molecule has 1 aromatic rings. The molecule has 1 fully saturated rings. The summed E-state index contributed by atoms with van der Waals surface area (Å²) in [6, 6.07) is 0.330. The van der Waals surface area contributed by atoms with Gasteiger partial charge in [-0.15, -0.1) is 0 Å². The van der Waals surface area contributed by atoms with E-state index in [-0.39, 0.29) is 11.8 Å². The largest absolute Gasteiger partial charge is 0.395 e.